The minimum absolute atomic E-state index is 0.0856. The van der Waals surface area contributed by atoms with Gasteiger partial charge in [0.15, 0.2) is 5.03 Å². The second kappa shape index (κ2) is 5.01. The van der Waals surface area contributed by atoms with E-state index in [-0.39, 0.29) is 5.03 Å². The first-order valence-corrected chi connectivity index (χ1v) is 7.30. The van der Waals surface area contributed by atoms with Gasteiger partial charge in [0.25, 0.3) is 10.0 Å². The number of hydrogen-bond acceptors (Lipinski definition) is 4. The lowest BCUT2D eigenvalue weighted by Gasteiger charge is -2.10. The Bertz CT molecular complexity index is 483. The van der Waals surface area contributed by atoms with Gasteiger partial charge in [-0.05, 0) is 37.8 Å². The molecule has 5 nitrogen and oxygen atoms in total. The van der Waals surface area contributed by atoms with Crippen molar-refractivity contribution in [2.24, 2.45) is 5.92 Å². The fraction of sp³-hybridized carbons (Fsp3) is 0.545. The minimum Gasteiger partial charge on any atom is -0.383 e. The Hall–Kier alpha value is -1.14. The van der Waals surface area contributed by atoms with Gasteiger partial charge in [-0.25, -0.2) is 18.1 Å². The van der Waals surface area contributed by atoms with Gasteiger partial charge in [0, 0.05) is 19.3 Å². The van der Waals surface area contributed by atoms with Crippen molar-refractivity contribution in [1.29, 1.82) is 0 Å². The van der Waals surface area contributed by atoms with Crippen LogP contribution in [0.3, 0.4) is 0 Å². The third-order valence-electron chi connectivity index (χ3n) is 2.65. The van der Waals surface area contributed by atoms with Gasteiger partial charge in [-0.1, -0.05) is 0 Å². The molecule has 1 aromatic rings. The Morgan fingerprint density at radius 1 is 1.47 bits per heavy atom. The zero-order valence-corrected chi connectivity index (χ0v) is 10.6. The normalized spacial score (nSPS) is 15.8. The van der Waals surface area contributed by atoms with E-state index in [9.17, 15) is 8.42 Å². The minimum atomic E-state index is -3.49. The van der Waals surface area contributed by atoms with Crippen molar-refractivity contribution in [3.8, 4) is 0 Å². The molecule has 1 fully saturated rings. The Morgan fingerprint density at radius 3 is 2.88 bits per heavy atom. The highest BCUT2D eigenvalue weighted by Gasteiger charge is 2.26. The standard InChI is InChI=1S/C11H17N3O2S/c1-2-12-10-4-3-7-13-11(10)17(15,16)14-8-9-5-6-9/h3-4,7,9,12,14H,2,5-6,8H2,1H3. The van der Waals surface area contributed by atoms with E-state index < -0.39 is 10.0 Å². The summed E-state index contributed by atoms with van der Waals surface area (Å²) in [5.74, 6) is 0.510. The summed E-state index contributed by atoms with van der Waals surface area (Å²) in [5.41, 5.74) is 0.554. The van der Waals surface area contributed by atoms with Crippen molar-refractivity contribution in [3.63, 3.8) is 0 Å². The van der Waals surface area contributed by atoms with Crippen LogP contribution in [0.25, 0.3) is 0 Å². The molecule has 17 heavy (non-hydrogen) atoms. The highest BCUT2D eigenvalue weighted by Crippen LogP contribution is 2.28. The lowest BCUT2D eigenvalue weighted by atomic mass is 10.4. The van der Waals surface area contributed by atoms with Crippen molar-refractivity contribution in [2.45, 2.75) is 24.8 Å². The van der Waals surface area contributed by atoms with Gasteiger partial charge in [0.2, 0.25) is 0 Å². The van der Waals surface area contributed by atoms with Crippen molar-refractivity contribution in [3.05, 3.63) is 18.3 Å². The summed E-state index contributed by atoms with van der Waals surface area (Å²) >= 11 is 0. The number of sulfonamides is 1. The average molecular weight is 255 g/mol. The van der Waals surface area contributed by atoms with E-state index >= 15 is 0 Å². The molecule has 0 saturated heterocycles. The lowest BCUT2D eigenvalue weighted by Crippen LogP contribution is -2.27. The van der Waals surface area contributed by atoms with E-state index in [1.54, 1.807) is 12.1 Å². The second-order valence-electron chi connectivity index (χ2n) is 4.18. The molecule has 94 valence electrons. The summed E-state index contributed by atoms with van der Waals surface area (Å²) < 4.78 is 26.7. The summed E-state index contributed by atoms with van der Waals surface area (Å²) in [6.07, 6.45) is 3.72. The molecule has 1 aliphatic rings. The molecular weight excluding hydrogens is 238 g/mol. The second-order valence-corrected chi connectivity index (χ2v) is 5.86. The molecule has 0 spiro atoms. The monoisotopic (exact) mass is 255 g/mol. The Labute approximate surface area is 102 Å². The molecule has 2 rings (SSSR count). The summed E-state index contributed by atoms with van der Waals surface area (Å²) in [4.78, 5) is 3.95. The number of anilines is 1. The number of nitrogens with zero attached hydrogens (tertiary/aromatic N) is 1. The van der Waals surface area contributed by atoms with Gasteiger partial charge in [0.1, 0.15) is 0 Å². The van der Waals surface area contributed by atoms with Crippen LogP contribution in [0.2, 0.25) is 0 Å². The van der Waals surface area contributed by atoms with E-state index in [0.29, 0.717) is 24.7 Å². The van der Waals surface area contributed by atoms with Crippen LogP contribution in [-0.4, -0.2) is 26.5 Å². The zero-order valence-electron chi connectivity index (χ0n) is 9.81. The van der Waals surface area contributed by atoms with E-state index in [1.165, 1.54) is 6.20 Å². The van der Waals surface area contributed by atoms with Gasteiger partial charge < -0.3 is 5.32 Å². The van der Waals surface area contributed by atoms with Crippen molar-refractivity contribution >= 4 is 15.7 Å². The molecule has 0 unspecified atom stereocenters. The summed E-state index contributed by atoms with van der Waals surface area (Å²) in [5, 5.41) is 3.09. The van der Waals surface area contributed by atoms with Gasteiger partial charge in [0.05, 0.1) is 5.69 Å². The number of rotatable bonds is 6. The Kier molecular flexibility index (Phi) is 3.63. The summed E-state index contributed by atoms with van der Waals surface area (Å²) in [6, 6.07) is 3.44. The number of pyridine rings is 1. The van der Waals surface area contributed by atoms with Gasteiger partial charge in [-0.2, -0.15) is 0 Å². The first-order chi connectivity index (χ1) is 8.13. The quantitative estimate of drug-likeness (QED) is 0.801. The zero-order chi connectivity index (χ0) is 12.3. The smallest absolute Gasteiger partial charge is 0.260 e. The van der Waals surface area contributed by atoms with Gasteiger partial charge in [-0.3, -0.25) is 0 Å². The van der Waals surface area contributed by atoms with Gasteiger partial charge in [-0.15, -0.1) is 0 Å². The molecule has 1 saturated carbocycles. The van der Waals surface area contributed by atoms with E-state index in [2.05, 4.69) is 15.0 Å². The van der Waals surface area contributed by atoms with Crippen LogP contribution in [0, 0.1) is 5.92 Å². The average Bonchev–Trinajstić information content (AvgIpc) is 3.11. The molecule has 0 atom stereocenters. The maximum absolute atomic E-state index is 12.0. The molecule has 0 amide bonds. The fourth-order valence-electron chi connectivity index (χ4n) is 1.55. The van der Waals surface area contributed by atoms with Crippen LogP contribution in [0.4, 0.5) is 5.69 Å². The molecule has 0 radical (unpaired) electrons. The van der Waals surface area contributed by atoms with Crippen molar-refractivity contribution < 1.29 is 8.42 Å². The predicted molar refractivity (Wildman–Crippen MR) is 66.3 cm³/mol. The molecule has 1 heterocycles. The Morgan fingerprint density at radius 2 is 2.24 bits per heavy atom. The molecule has 1 aromatic heterocycles. The van der Waals surface area contributed by atoms with Crippen molar-refractivity contribution in [1.82, 2.24) is 9.71 Å². The molecule has 6 heteroatoms. The van der Waals surface area contributed by atoms with Crippen molar-refractivity contribution in [2.75, 3.05) is 18.4 Å². The molecule has 0 bridgehead atoms. The van der Waals surface area contributed by atoms with E-state index in [0.717, 1.165) is 12.8 Å². The molecule has 0 aliphatic heterocycles. The van der Waals surface area contributed by atoms with Crippen LogP contribution in [-0.2, 0) is 10.0 Å². The lowest BCUT2D eigenvalue weighted by molar-refractivity contribution is 0.574. The summed E-state index contributed by atoms with van der Waals surface area (Å²) in [7, 11) is -3.49. The molecule has 0 aromatic carbocycles. The van der Waals surface area contributed by atoms with Crippen LogP contribution < -0.4 is 10.0 Å². The molecule has 2 N–H and O–H groups in total. The topological polar surface area (TPSA) is 71.1 Å². The summed E-state index contributed by atoms with van der Waals surface area (Å²) in [6.45, 7) is 3.10. The number of nitrogens with one attached hydrogen (secondary N) is 2. The Balaban J connectivity index is 2.18. The maximum atomic E-state index is 12.0. The van der Waals surface area contributed by atoms with E-state index in [1.807, 2.05) is 6.92 Å². The molecular formula is C11H17N3O2S. The third-order valence-corrected chi connectivity index (χ3v) is 4.03. The largest absolute Gasteiger partial charge is 0.383 e. The maximum Gasteiger partial charge on any atom is 0.260 e. The SMILES string of the molecule is CCNc1cccnc1S(=O)(=O)NCC1CC1. The first-order valence-electron chi connectivity index (χ1n) is 5.82. The highest BCUT2D eigenvalue weighted by atomic mass is 32.2. The van der Waals surface area contributed by atoms with Crippen LogP contribution in [0.5, 0.6) is 0 Å². The van der Waals surface area contributed by atoms with E-state index in [4.69, 9.17) is 0 Å². The highest BCUT2D eigenvalue weighted by molar-refractivity contribution is 7.89. The third kappa shape index (κ3) is 3.17. The van der Waals surface area contributed by atoms with Crippen LogP contribution >= 0.6 is 0 Å². The number of aromatic nitrogens is 1. The van der Waals surface area contributed by atoms with Crippen LogP contribution in [0.1, 0.15) is 19.8 Å². The van der Waals surface area contributed by atoms with Gasteiger partial charge >= 0.3 is 0 Å². The van der Waals surface area contributed by atoms with Crippen LogP contribution in [0.15, 0.2) is 23.4 Å². The number of hydrogen-bond donors (Lipinski definition) is 2. The molecule has 1 aliphatic carbocycles. The first kappa shape index (κ1) is 12.3. The predicted octanol–water partition coefficient (Wildman–Crippen LogP) is 1.20. The fourth-order valence-corrected chi connectivity index (χ4v) is 2.77.